The Labute approximate surface area is 89.7 Å². The molecule has 0 fully saturated rings. The fraction of sp³-hybridized carbons (Fsp3) is 0.250. The Hall–Kier alpha value is -2.38. The van der Waals surface area contributed by atoms with Crippen LogP contribution in [0.3, 0.4) is 0 Å². The van der Waals surface area contributed by atoms with Gasteiger partial charge in [0.15, 0.2) is 0 Å². The first-order valence-corrected chi connectivity index (χ1v) is 4.17. The molecule has 8 nitrogen and oxygen atoms in total. The lowest BCUT2D eigenvalue weighted by molar-refractivity contribution is -0.514. The molecule has 0 saturated carbocycles. The second kappa shape index (κ2) is 5.49. The summed E-state index contributed by atoms with van der Waals surface area (Å²) in [6.45, 7) is -1.26. The molecule has 1 rings (SSSR count). The summed E-state index contributed by atoms with van der Waals surface area (Å²) in [6, 6.07) is 5.72. The zero-order chi connectivity index (χ0) is 12.0. The van der Waals surface area contributed by atoms with Gasteiger partial charge in [-0.1, -0.05) is 0 Å². The average Bonchev–Trinajstić information content (AvgIpc) is 2.25. The van der Waals surface area contributed by atoms with Gasteiger partial charge >= 0.3 is 13.5 Å². The highest BCUT2D eigenvalue weighted by molar-refractivity contribution is 5.31. The maximum Gasteiger partial charge on any atom is 0.344 e. The van der Waals surface area contributed by atoms with Crippen LogP contribution < -0.4 is 9.47 Å². The van der Waals surface area contributed by atoms with Crippen LogP contribution in [0.15, 0.2) is 24.3 Å². The van der Waals surface area contributed by atoms with E-state index in [1.54, 1.807) is 0 Å². The van der Waals surface area contributed by atoms with Crippen LogP contribution >= 0.6 is 0 Å². The zero-order valence-corrected chi connectivity index (χ0v) is 8.07. The molecule has 0 aliphatic heterocycles. The predicted molar refractivity (Wildman–Crippen MR) is 51.4 cm³/mol. The molecule has 0 amide bonds. The molecule has 0 aromatic heterocycles. The molecule has 0 saturated heterocycles. The Balaban J connectivity index is 2.47. The van der Waals surface area contributed by atoms with Crippen LogP contribution in [0.5, 0.6) is 11.5 Å². The van der Waals surface area contributed by atoms with E-state index in [9.17, 15) is 20.2 Å². The monoisotopic (exact) mass is 228 g/mol. The van der Waals surface area contributed by atoms with Crippen LogP contribution in [0.25, 0.3) is 0 Å². The number of benzene rings is 1. The molecule has 0 atom stereocenters. The second-order valence-electron chi connectivity index (χ2n) is 2.68. The van der Waals surface area contributed by atoms with Crippen LogP contribution in [0.2, 0.25) is 0 Å². The van der Waals surface area contributed by atoms with Crippen LogP contribution in [0.4, 0.5) is 0 Å². The summed E-state index contributed by atoms with van der Waals surface area (Å²) in [6.07, 6.45) is 0. The molecule has 1 aromatic rings. The zero-order valence-electron chi connectivity index (χ0n) is 8.07. The fourth-order valence-corrected chi connectivity index (χ4v) is 0.887. The van der Waals surface area contributed by atoms with E-state index in [1.807, 2.05) is 0 Å². The summed E-state index contributed by atoms with van der Waals surface area (Å²) in [5.41, 5.74) is 0. The lowest BCUT2D eigenvalue weighted by atomic mass is 10.3. The minimum Gasteiger partial charge on any atom is -0.432 e. The Kier molecular flexibility index (Phi) is 4.01. The van der Waals surface area contributed by atoms with E-state index in [1.165, 1.54) is 24.3 Å². The molecule has 0 radical (unpaired) electrons. The van der Waals surface area contributed by atoms with E-state index in [2.05, 4.69) is 0 Å². The maximum atomic E-state index is 10.00. The molecule has 0 aliphatic rings. The van der Waals surface area contributed by atoms with Crippen LogP contribution in [-0.2, 0) is 0 Å². The molecule has 86 valence electrons. The highest BCUT2D eigenvalue weighted by Gasteiger charge is 2.01. The van der Waals surface area contributed by atoms with Crippen molar-refractivity contribution in [3.8, 4) is 11.5 Å². The van der Waals surface area contributed by atoms with Crippen molar-refractivity contribution >= 4 is 0 Å². The average molecular weight is 228 g/mol. The number of hydrogen-bond acceptors (Lipinski definition) is 6. The third-order valence-corrected chi connectivity index (χ3v) is 1.50. The number of nitro groups is 2. The molecule has 0 N–H and O–H groups in total. The first kappa shape index (κ1) is 11.7. The Morgan fingerprint density at radius 3 is 1.44 bits per heavy atom. The van der Waals surface area contributed by atoms with Crippen molar-refractivity contribution in [2.45, 2.75) is 0 Å². The van der Waals surface area contributed by atoms with Gasteiger partial charge in [0.2, 0.25) is 0 Å². The lowest BCUT2D eigenvalue weighted by Gasteiger charge is -2.03. The smallest absolute Gasteiger partial charge is 0.344 e. The van der Waals surface area contributed by atoms with Crippen LogP contribution in [-0.4, -0.2) is 23.3 Å². The molecule has 0 unspecified atom stereocenters. The van der Waals surface area contributed by atoms with Gasteiger partial charge in [-0.2, -0.15) is 0 Å². The lowest BCUT2D eigenvalue weighted by Crippen LogP contribution is -2.09. The van der Waals surface area contributed by atoms with E-state index >= 15 is 0 Å². The van der Waals surface area contributed by atoms with Crippen molar-refractivity contribution in [2.24, 2.45) is 0 Å². The number of ether oxygens (including phenoxy) is 2. The van der Waals surface area contributed by atoms with Gasteiger partial charge < -0.3 is 9.47 Å². The van der Waals surface area contributed by atoms with Crippen LogP contribution in [0, 0.1) is 20.2 Å². The van der Waals surface area contributed by atoms with Gasteiger partial charge in [0.1, 0.15) is 11.5 Å². The summed E-state index contributed by atoms with van der Waals surface area (Å²) < 4.78 is 9.52. The van der Waals surface area contributed by atoms with Gasteiger partial charge in [0.25, 0.3) is 0 Å². The van der Waals surface area contributed by atoms with Crippen LogP contribution in [0.1, 0.15) is 0 Å². The van der Waals surface area contributed by atoms with Gasteiger partial charge in [-0.05, 0) is 24.3 Å². The summed E-state index contributed by atoms with van der Waals surface area (Å²) in [7, 11) is 0. The molecule has 0 heterocycles. The third-order valence-electron chi connectivity index (χ3n) is 1.50. The van der Waals surface area contributed by atoms with Crippen molar-refractivity contribution in [1.29, 1.82) is 0 Å². The summed E-state index contributed by atoms with van der Waals surface area (Å²) >= 11 is 0. The molecule has 1 aromatic carbocycles. The quantitative estimate of drug-likeness (QED) is 0.407. The van der Waals surface area contributed by atoms with E-state index in [0.717, 1.165) is 0 Å². The maximum absolute atomic E-state index is 10.00. The van der Waals surface area contributed by atoms with E-state index in [-0.39, 0.29) is 0 Å². The van der Waals surface area contributed by atoms with Gasteiger partial charge in [-0.3, -0.25) is 20.2 Å². The largest absolute Gasteiger partial charge is 0.432 e. The Morgan fingerprint density at radius 2 is 1.19 bits per heavy atom. The molecule has 16 heavy (non-hydrogen) atoms. The Morgan fingerprint density at radius 1 is 0.875 bits per heavy atom. The molecule has 8 heteroatoms. The van der Waals surface area contributed by atoms with Gasteiger partial charge in [0, 0.05) is 0 Å². The molecular weight excluding hydrogens is 220 g/mol. The number of rotatable bonds is 6. The fourth-order valence-electron chi connectivity index (χ4n) is 0.887. The van der Waals surface area contributed by atoms with E-state index in [4.69, 9.17) is 9.47 Å². The van der Waals surface area contributed by atoms with E-state index < -0.39 is 23.3 Å². The number of nitrogens with zero attached hydrogens (tertiary/aromatic N) is 2. The van der Waals surface area contributed by atoms with Crippen molar-refractivity contribution in [2.75, 3.05) is 13.5 Å². The number of hydrogen-bond donors (Lipinski definition) is 0. The van der Waals surface area contributed by atoms with E-state index in [0.29, 0.717) is 11.5 Å². The minimum atomic E-state index is -0.630. The van der Waals surface area contributed by atoms with Gasteiger partial charge in [-0.15, -0.1) is 0 Å². The minimum absolute atomic E-state index is 0.296. The van der Waals surface area contributed by atoms with Crippen molar-refractivity contribution < 1.29 is 19.3 Å². The van der Waals surface area contributed by atoms with Crippen molar-refractivity contribution in [3.05, 3.63) is 44.5 Å². The highest BCUT2D eigenvalue weighted by atomic mass is 16.7. The van der Waals surface area contributed by atoms with Gasteiger partial charge in [0.05, 0.1) is 9.85 Å². The topological polar surface area (TPSA) is 105 Å². The SMILES string of the molecule is O=[N+]([O-])COc1ccc(OC[N+](=O)[O-])cc1. The highest BCUT2D eigenvalue weighted by Crippen LogP contribution is 2.17. The van der Waals surface area contributed by atoms with Crippen molar-refractivity contribution in [3.63, 3.8) is 0 Å². The molecule has 0 bridgehead atoms. The molecular formula is C8H8N2O6. The summed E-state index contributed by atoms with van der Waals surface area (Å²) in [5, 5.41) is 20.0. The normalized spacial score (nSPS) is 9.50. The Bertz CT molecular complexity index is 340. The van der Waals surface area contributed by atoms with Gasteiger partial charge in [-0.25, -0.2) is 0 Å². The first-order chi connectivity index (χ1) is 7.58. The van der Waals surface area contributed by atoms with Crippen molar-refractivity contribution in [1.82, 2.24) is 0 Å². The summed E-state index contributed by atoms with van der Waals surface area (Å²) in [4.78, 5) is 18.8. The standard InChI is InChI=1S/C8H8N2O6/c11-9(12)5-15-7-1-2-8(4-3-7)16-6-10(13)14/h1-4H,5-6H2. The first-order valence-electron chi connectivity index (χ1n) is 4.17. The molecule has 0 spiro atoms. The molecule has 0 aliphatic carbocycles. The summed E-state index contributed by atoms with van der Waals surface area (Å²) in [5.74, 6) is 0.593. The predicted octanol–water partition coefficient (Wildman–Crippen LogP) is 0.913. The third kappa shape index (κ3) is 4.22. The second-order valence-corrected chi connectivity index (χ2v) is 2.68.